The standard InChI is InChI=1S/C23H35NO2S/c1-15-7-8-20-22(2,3)9-6-10-23(20,4)19(15)14-27-18-12-16(21(26)24-5)11-17(25)13-18/h11-13,15,19-20,25H,6-10,14H2,1-5H3,(H,24,26). The van der Waals surface area contributed by atoms with E-state index in [1.54, 1.807) is 24.9 Å². The minimum atomic E-state index is -0.153. The Labute approximate surface area is 168 Å². The Balaban J connectivity index is 1.80. The van der Waals surface area contributed by atoms with Gasteiger partial charge in [0.05, 0.1) is 0 Å². The second kappa shape index (κ2) is 7.69. The minimum Gasteiger partial charge on any atom is -0.508 e. The van der Waals surface area contributed by atoms with Gasteiger partial charge < -0.3 is 10.4 Å². The molecule has 0 aromatic heterocycles. The SMILES string of the molecule is CNC(=O)c1cc(O)cc(SCC2C(C)CCC3C(C)(C)CCCC23C)c1. The van der Waals surface area contributed by atoms with Crippen molar-refractivity contribution in [3.63, 3.8) is 0 Å². The number of phenols is 1. The normalized spacial score (nSPS) is 32.6. The summed E-state index contributed by atoms with van der Waals surface area (Å²) in [4.78, 5) is 12.9. The number of hydrogen-bond donors (Lipinski definition) is 2. The maximum atomic E-state index is 12.0. The fraction of sp³-hybridized carbons (Fsp3) is 0.696. The molecule has 2 fully saturated rings. The highest BCUT2D eigenvalue weighted by atomic mass is 32.2. The van der Waals surface area contributed by atoms with Crippen LogP contribution in [0, 0.1) is 28.6 Å². The van der Waals surface area contributed by atoms with Gasteiger partial charge >= 0.3 is 0 Å². The average Bonchev–Trinajstić information content (AvgIpc) is 2.59. The van der Waals surface area contributed by atoms with Crippen LogP contribution >= 0.6 is 11.8 Å². The van der Waals surface area contributed by atoms with Crippen molar-refractivity contribution < 1.29 is 9.90 Å². The van der Waals surface area contributed by atoms with Crippen molar-refractivity contribution in [2.24, 2.45) is 28.6 Å². The van der Waals surface area contributed by atoms with Crippen LogP contribution < -0.4 is 5.32 Å². The molecular formula is C23H35NO2S. The monoisotopic (exact) mass is 389 g/mol. The lowest BCUT2D eigenvalue weighted by Crippen LogP contribution is -2.51. The van der Waals surface area contributed by atoms with Crippen LogP contribution in [0.25, 0.3) is 0 Å². The van der Waals surface area contributed by atoms with Crippen molar-refractivity contribution in [1.29, 1.82) is 0 Å². The molecule has 4 heteroatoms. The Bertz CT molecular complexity index is 702. The molecule has 2 aliphatic carbocycles. The Morgan fingerprint density at radius 2 is 1.96 bits per heavy atom. The maximum Gasteiger partial charge on any atom is 0.251 e. The van der Waals surface area contributed by atoms with Gasteiger partial charge in [0.1, 0.15) is 5.75 Å². The van der Waals surface area contributed by atoms with Crippen molar-refractivity contribution in [3.8, 4) is 5.75 Å². The molecule has 3 rings (SSSR count). The predicted molar refractivity (Wildman–Crippen MR) is 113 cm³/mol. The summed E-state index contributed by atoms with van der Waals surface area (Å²) < 4.78 is 0. The molecule has 150 valence electrons. The highest BCUT2D eigenvalue weighted by Crippen LogP contribution is 2.61. The fourth-order valence-corrected chi connectivity index (χ4v) is 7.59. The van der Waals surface area contributed by atoms with E-state index in [9.17, 15) is 9.90 Å². The van der Waals surface area contributed by atoms with Crippen molar-refractivity contribution in [2.75, 3.05) is 12.8 Å². The average molecular weight is 390 g/mol. The van der Waals surface area contributed by atoms with E-state index in [4.69, 9.17) is 0 Å². The number of rotatable bonds is 4. The largest absolute Gasteiger partial charge is 0.508 e. The second-order valence-electron chi connectivity index (χ2n) is 9.67. The van der Waals surface area contributed by atoms with E-state index in [0.717, 1.165) is 22.5 Å². The van der Waals surface area contributed by atoms with E-state index in [-0.39, 0.29) is 11.7 Å². The van der Waals surface area contributed by atoms with Crippen LogP contribution in [-0.2, 0) is 0 Å². The third-order valence-corrected chi connectivity index (χ3v) is 8.63. The van der Waals surface area contributed by atoms with Crippen molar-refractivity contribution in [2.45, 2.75) is 64.7 Å². The summed E-state index contributed by atoms with van der Waals surface area (Å²) in [6, 6.07) is 5.23. The number of hydrogen-bond acceptors (Lipinski definition) is 3. The summed E-state index contributed by atoms with van der Waals surface area (Å²) >= 11 is 1.80. The lowest BCUT2D eigenvalue weighted by molar-refractivity contribution is -0.0850. The van der Waals surface area contributed by atoms with Crippen LogP contribution in [0.4, 0.5) is 0 Å². The molecule has 4 unspecified atom stereocenters. The number of carbonyl (C=O) groups is 1. The van der Waals surface area contributed by atoms with Gasteiger partial charge in [-0.15, -0.1) is 11.8 Å². The van der Waals surface area contributed by atoms with Crippen molar-refractivity contribution in [1.82, 2.24) is 5.32 Å². The Morgan fingerprint density at radius 3 is 2.67 bits per heavy atom. The first kappa shape index (κ1) is 20.6. The zero-order valence-corrected chi connectivity index (χ0v) is 18.3. The van der Waals surface area contributed by atoms with Gasteiger partial charge in [0, 0.05) is 23.3 Å². The Morgan fingerprint density at radius 1 is 1.22 bits per heavy atom. The molecule has 2 saturated carbocycles. The number of aromatic hydroxyl groups is 1. The van der Waals surface area contributed by atoms with E-state index in [1.807, 2.05) is 6.07 Å². The van der Waals surface area contributed by atoms with Crippen LogP contribution in [-0.4, -0.2) is 23.8 Å². The van der Waals surface area contributed by atoms with Crippen molar-refractivity contribution in [3.05, 3.63) is 23.8 Å². The summed E-state index contributed by atoms with van der Waals surface area (Å²) in [5.41, 5.74) is 1.36. The highest BCUT2D eigenvalue weighted by Gasteiger charge is 2.53. The molecule has 3 nitrogen and oxygen atoms in total. The number of benzene rings is 1. The van der Waals surface area contributed by atoms with Crippen LogP contribution in [0.1, 0.15) is 70.2 Å². The minimum absolute atomic E-state index is 0.153. The number of carbonyl (C=O) groups excluding carboxylic acids is 1. The first-order chi connectivity index (χ1) is 12.7. The number of amides is 1. The van der Waals surface area contributed by atoms with E-state index in [2.05, 4.69) is 33.0 Å². The molecule has 1 amide bonds. The summed E-state index contributed by atoms with van der Waals surface area (Å²) in [6.45, 7) is 9.91. The van der Waals surface area contributed by atoms with Gasteiger partial charge in [-0.25, -0.2) is 0 Å². The second-order valence-corrected chi connectivity index (χ2v) is 10.8. The van der Waals surface area contributed by atoms with Gasteiger partial charge in [0.15, 0.2) is 0 Å². The summed E-state index contributed by atoms with van der Waals surface area (Å²) in [5.74, 6) is 3.26. The molecule has 0 spiro atoms. The van der Waals surface area contributed by atoms with Gasteiger partial charge in [0.25, 0.3) is 5.91 Å². The Hall–Kier alpha value is -1.16. The molecule has 2 N–H and O–H groups in total. The smallest absolute Gasteiger partial charge is 0.251 e. The molecule has 4 atom stereocenters. The zero-order valence-electron chi connectivity index (χ0n) is 17.5. The predicted octanol–water partition coefficient (Wildman–Crippen LogP) is 5.72. The summed E-state index contributed by atoms with van der Waals surface area (Å²) in [6.07, 6.45) is 6.70. The van der Waals surface area contributed by atoms with Crippen LogP contribution in [0.5, 0.6) is 5.75 Å². The molecule has 1 aromatic rings. The van der Waals surface area contributed by atoms with Gasteiger partial charge in [-0.05, 0) is 66.0 Å². The molecule has 0 radical (unpaired) electrons. The van der Waals surface area contributed by atoms with Gasteiger partial charge in [0.2, 0.25) is 0 Å². The van der Waals surface area contributed by atoms with Crippen LogP contribution in [0.15, 0.2) is 23.1 Å². The molecular weight excluding hydrogens is 354 g/mol. The summed E-state index contributed by atoms with van der Waals surface area (Å²) in [5, 5.41) is 12.7. The quantitative estimate of drug-likeness (QED) is 0.647. The number of nitrogens with one attached hydrogen (secondary N) is 1. The lowest BCUT2D eigenvalue weighted by Gasteiger charge is -2.59. The lowest BCUT2D eigenvalue weighted by atomic mass is 9.47. The van der Waals surface area contributed by atoms with Gasteiger partial charge in [-0.2, -0.15) is 0 Å². The first-order valence-electron chi connectivity index (χ1n) is 10.4. The number of phenolic OH excluding ortho intramolecular Hbond substituents is 1. The third kappa shape index (κ3) is 4.01. The highest BCUT2D eigenvalue weighted by molar-refractivity contribution is 7.99. The Kier molecular flexibility index (Phi) is 5.86. The van der Waals surface area contributed by atoms with Gasteiger partial charge in [-0.1, -0.05) is 40.5 Å². The van der Waals surface area contributed by atoms with E-state index >= 15 is 0 Å². The fourth-order valence-electron chi connectivity index (χ4n) is 6.09. The first-order valence-corrected chi connectivity index (χ1v) is 11.3. The molecule has 1 aromatic carbocycles. The van der Waals surface area contributed by atoms with Crippen molar-refractivity contribution >= 4 is 17.7 Å². The van der Waals surface area contributed by atoms with Gasteiger partial charge in [-0.3, -0.25) is 4.79 Å². The summed E-state index contributed by atoms with van der Waals surface area (Å²) in [7, 11) is 1.62. The molecule has 0 saturated heterocycles. The molecule has 2 aliphatic rings. The topological polar surface area (TPSA) is 49.3 Å². The molecule has 0 heterocycles. The maximum absolute atomic E-state index is 12.0. The number of thioether (sulfide) groups is 1. The molecule has 0 bridgehead atoms. The van der Waals surface area contributed by atoms with Crippen LogP contribution in [0.2, 0.25) is 0 Å². The zero-order chi connectivity index (χ0) is 19.8. The molecule has 0 aliphatic heterocycles. The van der Waals surface area contributed by atoms with E-state index in [1.165, 1.54) is 38.2 Å². The third-order valence-electron chi connectivity index (χ3n) is 7.53. The molecule has 27 heavy (non-hydrogen) atoms. The number of fused-ring (bicyclic) bond motifs is 1. The van der Waals surface area contributed by atoms with Crippen LogP contribution in [0.3, 0.4) is 0 Å². The van der Waals surface area contributed by atoms with E-state index in [0.29, 0.717) is 22.3 Å². The van der Waals surface area contributed by atoms with E-state index < -0.39 is 0 Å².